The Morgan fingerprint density at radius 1 is 1.35 bits per heavy atom. The Balaban J connectivity index is 2.89. The van der Waals surface area contributed by atoms with Gasteiger partial charge in [-0.25, -0.2) is 4.79 Å². The fourth-order valence-corrected chi connectivity index (χ4v) is 1.99. The van der Waals surface area contributed by atoms with E-state index in [-0.39, 0.29) is 12.1 Å². The van der Waals surface area contributed by atoms with Crippen LogP contribution in [0.2, 0.25) is 0 Å². The van der Waals surface area contributed by atoms with Crippen molar-refractivity contribution in [2.75, 3.05) is 0 Å². The summed E-state index contributed by atoms with van der Waals surface area (Å²) in [7, 11) is 0. The molecular formula is C12H12F3N3O2. The highest BCUT2D eigenvalue weighted by atomic mass is 19.4. The maximum absolute atomic E-state index is 12.9. The van der Waals surface area contributed by atoms with Crippen molar-refractivity contribution in [2.45, 2.75) is 25.7 Å². The number of aromatic nitrogens is 2. The molecule has 1 aromatic heterocycles. The predicted molar refractivity (Wildman–Crippen MR) is 67.5 cm³/mol. The molecule has 2 rings (SSSR count). The summed E-state index contributed by atoms with van der Waals surface area (Å²) in [4.78, 5) is 26.1. The maximum Gasteiger partial charge on any atom is 0.417 e. The second-order valence-corrected chi connectivity index (χ2v) is 4.55. The Hall–Kier alpha value is -2.09. The number of benzene rings is 1. The lowest BCUT2D eigenvalue weighted by Gasteiger charge is -2.12. The van der Waals surface area contributed by atoms with E-state index in [1.54, 1.807) is 6.92 Å². The van der Waals surface area contributed by atoms with Crippen molar-refractivity contribution >= 4 is 10.9 Å². The van der Waals surface area contributed by atoms with Crippen LogP contribution in [0.3, 0.4) is 0 Å². The molecule has 0 aliphatic heterocycles. The number of H-pyrrole nitrogens is 1. The van der Waals surface area contributed by atoms with E-state index in [4.69, 9.17) is 5.73 Å². The zero-order valence-electron chi connectivity index (χ0n) is 10.5. The van der Waals surface area contributed by atoms with Gasteiger partial charge in [-0.1, -0.05) is 6.07 Å². The number of alkyl halides is 3. The smallest absolute Gasteiger partial charge is 0.326 e. The zero-order valence-corrected chi connectivity index (χ0v) is 10.5. The van der Waals surface area contributed by atoms with Gasteiger partial charge in [0.05, 0.1) is 16.5 Å². The van der Waals surface area contributed by atoms with Crippen LogP contribution in [0.1, 0.15) is 12.5 Å². The van der Waals surface area contributed by atoms with Crippen LogP contribution in [0.5, 0.6) is 0 Å². The van der Waals surface area contributed by atoms with Gasteiger partial charge in [0, 0.05) is 12.6 Å². The molecule has 5 nitrogen and oxygen atoms in total. The van der Waals surface area contributed by atoms with Crippen LogP contribution < -0.4 is 17.0 Å². The minimum Gasteiger partial charge on any atom is -0.326 e. The van der Waals surface area contributed by atoms with Gasteiger partial charge in [-0.2, -0.15) is 13.2 Å². The average Bonchev–Trinajstić information content (AvgIpc) is 2.32. The fourth-order valence-electron chi connectivity index (χ4n) is 1.99. The number of halogens is 3. The van der Waals surface area contributed by atoms with E-state index in [1.807, 2.05) is 0 Å². The standard InChI is InChI=1S/C12H12F3N3O2/c1-6(16)5-18-10(19)9-7(12(13,14)15)3-2-4-8(9)17-11(18)20/h2-4,6H,5,16H2,1H3,(H,17,20). The Bertz CT molecular complexity index is 759. The van der Waals surface area contributed by atoms with Crippen molar-refractivity contribution < 1.29 is 13.2 Å². The van der Waals surface area contributed by atoms with Crippen molar-refractivity contribution in [3.05, 3.63) is 44.6 Å². The number of fused-ring (bicyclic) bond motifs is 1. The van der Waals surface area contributed by atoms with Crippen LogP contribution in [0.4, 0.5) is 13.2 Å². The molecule has 1 atom stereocenters. The summed E-state index contributed by atoms with van der Waals surface area (Å²) >= 11 is 0. The molecule has 2 aromatic rings. The Labute approximate surface area is 110 Å². The number of nitrogens with zero attached hydrogens (tertiary/aromatic N) is 1. The summed E-state index contributed by atoms with van der Waals surface area (Å²) < 4.78 is 39.5. The molecule has 0 saturated heterocycles. The van der Waals surface area contributed by atoms with Crippen LogP contribution in [-0.4, -0.2) is 15.6 Å². The molecule has 1 unspecified atom stereocenters. The minimum atomic E-state index is -4.68. The summed E-state index contributed by atoms with van der Waals surface area (Å²) in [5.41, 5.74) is 2.51. The van der Waals surface area contributed by atoms with Gasteiger partial charge >= 0.3 is 11.9 Å². The van der Waals surface area contributed by atoms with Gasteiger partial charge in [-0.3, -0.25) is 9.36 Å². The highest BCUT2D eigenvalue weighted by molar-refractivity contribution is 5.81. The van der Waals surface area contributed by atoms with Gasteiger partial charge in [0.15, 0.2) is 0 Å². The number of aromatic amines is 1. The van der Waals surface area contributed by atoms with Crippen LogP contribution in [0.15, 0.2) is 27.8 Å². The summed E-state index contributed by atoms with van der Waals surface area (Å²) in [6.45, 7) is 1.39. The first-order valence-corrected chi connectivity index (χ1v) is 5.80. The van der Waals surface area contributed by atoms with Crippen LogP contribution >= 0.6 is 0 Å². The molecule has 0 saturated carbocycles. The second-order valence-electron chi connectivity index (χ2n) is 4.55. The molecule has 1 aromatic carbocycles. The molecule has 0 bridgehead atoms. The van der Waals surface area contributed by atoms with E-state index in [2.05, 4.69) is 4.98 Å². The summed E-state index contributed by atoms with van der Waals surface area (Å²) in [5.74, 6) is 0. The van der Waals surface area contributed by atoms with Crippen LogP contribution in [0.25, 0.3) is 10.9 Å². The van der Waals surface area contributed by atoms with Crippen LogP contribution in [-0.2, 0) is 12.7 Å². The molecule has 0 aliphatic carbocycles. The molecule has 0 aliphatic rings. The molecule has 0 fully saturated rings. The lowest BCUT2D eigenvalue weighted by atomic mass is 10.1. The quantitative estimate of drug-likeness (QED) is 0.866. The number of hydrogen-bond donors (Lipinski definition) is 2. The van der Waals surface area contributed by atoms with Crippen molar-refractivity contribution in [1.82, 2.24) is 9.55 Å². The molecule has 0 amide bonds. The van der Waals surface area contributed by atoms with Gasteiger partial charge in [0.1, 0.15) is 0 Å². The highest BCUT2D eigenvalue weighted by Gasteiger charge is 2.34. The van der Waals surface area contributed by atoms with Crippen molar-refractivity contribution in [2.24, 2.45) is 5.73 Å². The summed E-state index contributed by atoms with van der Waals surface area (Å²) in [5, 5.41) is -0.555. The number of rotatable bonds is 2. The first-order valence-electron chi connectivity index (χ1n) is 5.80. The summed E-state index contributed by atoms with van der Waals surface area (Å²) in [6, 6.07) is 2.66. The first-order chi connectivity index (χ1) is 9.21. The number of nitrogens with one attached hydrogen (secondary N) is 1. The number of hydrogen-bond acceptors (Lipinski definition) is 3. The molecule has 0 spiro atoms. The largest absolute Gasteiger partial charge is 0.417 e. The van der Waals surface area contributed by atoms with Gasteiger partial charge in [-0.05, 0) is 19.1 Å². The average molecular weight is 287 g/mol. The molecule has 0 radical (unpaired) electrons. The van der Waals surface area contributed by atoms with Crippen molar-refractivity contribution in [1.29, 1.82) is 0 Å². The lowest BCUT2D eigenvalue weighted by Crippen LogP contribution is -2.40. The zero-order chi connectivity index (χ0) is 15.1. The molecular weight excluding hydrogens is 275 g/mol. The minimum absolute atomic E-state index is 0.143. The van der Waals surface area contributed by atoms with E-state index in [1.165, 1.54) is 6.07 Å². The first kappa shape index (κ1) is 14.3. The molecule has 1 heterocycles. The Morgan fingerprint density at radius 3 is 2.55 bits per heavy atom. The van der Waals surface area contributed by atoms with Gasteiger partial charge in [0.25, 0.3) is 5.56 Å². The fraction of sp³-hybridized carbons (Fsp3) is 0.333. The predicted octanol–water partition coefficient (Wildman–Crippen LogP) is 1.06. The molecule has 108 valence electrons. The second kappa shape index (κ2) is 4.78. The monoisotopic (exact) mass is 287 g/mol. The summed E-state index contributed by atoms with van der Waals surface area (Å²) in [6.07, 6.45) is -4.68. The van der Waals surface area contributed by atoms with Gasteiger partial charge in [0.2, 0.25) is 0 Å². The van der Waals surface area contributed by atoms with E-state index >= 15 is 0 Å². The third-order valence-electron chi connectivity index (χ3n) is 2.79. The maximum atomic E-state index is 12.9. The van der Waals surface area contributed by atoms with Crippen molar-refractivity contribution in [3.63, 3.8) is 0 Å². The van der Waals surface area contributed by atoms with Gasteiger partial charge in [-0.15, -0.1) is 0 Å². The van der Waals surface area contributed by atoms with E-state index in [0.29, 0.717) is 4.57 Å². The SMILES string of the molecule is CC(N)Cn1c(=O)[nH]c2cccc(C(F)(F)F)c2c1=O. The highest BCUT2D eigenvalue weighted by Crippen LogP contribution is 2.32. The Morgan fingerprint density at radius 2 is 2.00 bits per heavy atom. The van der Waals surface area contributed by atoms with Crippen LogP contribution in [0, 0.1) is 0 Å². The van der Waals surface area contributed by atoms with E-state index in [0.717, 1.165) is 12.1 Å². The molecule has 8 heteroatoms. The normalized spacial score (nSPS) is 13.7. The van der Waals surface area contributed by atoms with Gasteiger partial charge < -0.3 is 10.7 Å². The molecule has 20 heavy (non-hydrogen) atoms. The van der Waals surface area contributed by atoms with E-state index < -0.39 is 34.4 Å². The Kier molecular flexibility index (Phi) is 3.43. The van der Waals surface area contributed by atoms with E-state index in [9.17, 15) is 22.8 Å². The third-order valence-corrected chi connectivity index (χ3v) is 2.79. The third kappa shape index (κ3) is 2.46. The lowest BCUT2D eigenvalue weighted by molar-refractivity contribution is -0.136. The number of nitrogens with two attached hydrogens (primary N) is 1. The van der Waals surface area contributed by atoms with Crippen molar-refractivity contribution in [3.8, 4) is 0 Å². The topological polar surface area (TPSA) is 80.9 Å². The molecule has 3 N–H and O–H groups in total.